The summed E-state index contributed by atoms with van der Waals surface area (Å²) in [5.74, 6) is -3.89. The maximum absolute atomic E-state index is 17.1. The number of ether oxygens (including phenoxy) is 4. The van der Waals surface area contributed by atoms with Gasteiger partial charge in [-0.2, -0.15) is 26.3 Å². The molecule has 2 N–H and O–H groups in total. The fraction of sp³-hybridized carbons (Fsp3) is 0.429. The van der Waals surface area contributed by atoms with Crippen LogP contribution in [0.4, 0.5) is 57.9 Å². The number of piperazine rings is 2. The summed E-state index contributed by atoms with van der Waals surface area (Å²) in [6.07, 6.45) is -7.20. The molecular weight excluding hydrogens is 1140 g/mol. The highest BCUT2D eigenvalue weighted by molar-refractivity contribution is 6.08. The number of hydrogen-bond acceptors (Lipinski definition) is 14. The largest absolute Gasteiger partial charge is 0.481 e. The highest BCUT2D eigenvalue weighted by atomic mass is 19.4. The number of alkyl halides is 6. The van der Waals surface area contributed by atoms with Crippen molar-refractivity contribution in [3.8, 4) is 34.0 Å². The fourth-order valence-electron chi connectivity index (χ4n) is 12.3. The molecule has 5 fully saturated rings. The number of nitrogens with zero attached hydrogens (tertiary/aromatic N) is 8. The second kappa shape index (κ2) is 25.0. The molecule has 0 radical (unpaired) electrons. The number of aromatic nitrogens is 2. The molecule has 2 amide bonds. The molecule has 11 rings (SSSR count). The molecule has 5 saturated heterocycles. The molecule has 5 aliphatic heterocycles. The zero-order valence-corrected chi connectivity index (χ0v) is 48.9. The molecule has 16 nitrogen and oxygen atoms in total. The highest BCUT2D eigenvalue weighted by Gasteiger charge is 2.43. The van der Waals surface area contributed by atoms with Crippen molar-refractivity contribution in [1.29, 1.82) is 0 Å². The van der Waals surface area contributed by atoms with E-state index in [1.54, 1.807) is 54.6 Å². The zero-order chi connectivity index (χ0) is 61.5. The molecule has 2 unspecified atom stereocenters. The molecule has 2 aromatic heterocycles. The summed E-state index contributed by atoms with van der Waals surface area (Å²) in [6.45, 7) is 12.3. The summed E-state index contributed by atoms with van der Waals surface area (Å²) in [7, 11) is 4.32. The number of morpholine rings is 2. The number of likely N-dealkylation sites (N-methyl/N-ethyl adjacent to an activating group) is 1. The first-order valence-corrected chi connectivity index (χ1v) is 28.8. The molecule has 462 valence electrons. The van der Waals surface area contributed by atoms with E-state index >= 15 is 8.78 Å². The van der Waals surface area contributed by atoms with Crippen molar-refractivity contribution in [2.45, 2.75) is 69.9 Å². The second-order valence-electron chi connectivity index (χ2n) is 23.5. The SMILES string of the molecule is COc1cc(C(F)(F)F)c(C(=O)Nc2cc(-c3cc(CN4CCOC(C)(C)C4)c(CN4CCN(c5ccc(-c6cc(CN7C8COCC7C8)ccc6F)cc5NC(=O)c5cnc(OC)cc5C(F)(F)F)CC4)cc3F)ccc2N2CCN(C)CC2)cn1. The normalized spacial score (nSPS) is 19.6. The molecule has 87 heavy (non-hydrogen) atoms. The number of carbonyl (C=O) groups is 2. The van der Waals surface area contributed by atoms with Crippen LogP contribution in [0.25, 0.3) is 22.3 Å². The first-order valence-electron chi connectivity index (χ1n) is 28.8. The number of hydrogen-bond donors (Lipinski definition) is 2. The minimum Gasteiger partial charge on any atom is -0.481 e. The lowest BCUT2D eigenvalue weighted by atomic mass is 9.90. The van der Waals surface area contributed by atoms with E-state index in [1.807, 2.05) is 30.7 Å². The summed E-state index contributed by atoms with van der Waals surface area (Å²) < 4.78 is 142. The first kappa shape index (κ1) is 61.2. The average Bonchev–Trinajstić information content (AvgIpc) is 1.66. The van der Waals surface area contributed by atoms with E-state index in [0.29, 0.717) is 145 Å². The van der Waals surface area contributed by atoms with Crippen LogP contribution in [0, 0.1) is 11.6 Å². The summed E-state index contributed by atoms with van der Waals surface area (Å²) in [4.78, 5) is 48.8. The van der Waals surface area contributed by atoms with E-state index in [0.717, 1.165) is 29.9 Å². The summed E-state index contributed by atoms with van der Waals surface area (Å²) in [6, 6.07) is 20.1. The molecule has 24 heteroatoms. The van der Waals surface area contributed by atoms with Crippen molar-refractivity contribution in [3.05, 3.63) is 142 Å². The van der Waals surface area contributed by atoms with Crippen molar-refractivity contribution >= 4 is 34.6 Å². The van der Waals surface area contributed by atoms with Crippen LogP contribution in [0.15, 0.2) is 91.3 Å². The van der Waals surface area contributed by atoms with Crippen LogP contribution in [0.5, 0.6) is 11.8 Å². The van der Waals surface area contributed by atoms with Crippen LogP contribution < -0.4 is 29.9 Å². The van der Waals surface area contributed by atoms with E-state index in [9.17, 15) is 35.9 Å². The van der Waals surface area contributed by atoms with Crippen molar-refractivity contribution in [1.82, 2.24) is 29.6 Å². The molecular formula is C63H68F8N10O6. The lowest BCUT2D eigenvalue weighted by molar-refractivity contribution is -0.138. The molecule has 5 aliphatic rings. The maximum Gasteiger partial charge on any atom is 0.417 e. The smallest absolute Gasteiger partial charge is 0.417 e. The van der Waals surface area contributed by atoms with Gasteiger partial charge in [0.25, 0.3) is 11.8 Å². The summed E-state index contributed by atoms with van der Waals surface area (Å²) in [5.41, 5.74) is 0.540. The van der Waals surface area contributed by atoms with E-state index in [4.69, 9.17) is 18.9 Å². The van der Waals surface area contributed by atoms with Crippen LogP contribution in [-0.2, 0) is 41.5 Å². The Morgan fingerprint density at radius 2 is 1.14 bits per heavy atom. The number of amides is 2. The van der Waals surface area contributed by atoms with Gasteiger partial charge in [-0.15, -0.1) is 0 Å². The number of pyridine rings is 2. The second-order valence-corrected chi connectivity index (χ2v) is 23.5. The van der Waals surface area contributed by atoms with Gasteiger partial charge in [-0.1, -0.05) is 18.2 Å². The molecule has 6 aromatic rings. The van der Waals surface area contributed by atoms with Gasteiger partial charge in [0.1, 0.15) is 11.6 Å². The summed E-state index contributed by atoms with van der Waals surface area (Å²) >= 11 is 0. The molecule has 4 aromatic carbocycles. The van der Waals surface area contributed by atoms with Crippen molar-refractivity contribution in [3.63, 3.8) is 0 Å². The number of anilines is 4. The van der Waals surface area contributed by atoms with E-state index in [1.165, 1.54) is 26.4 Å². The number of nitrogens with one attached hydrogen (secondary N) is 2. The number of fused-ring (bicyclic) bond motifs is 2. The quantitative estimate of drug-likeness (QED) is 0.0889. The predicted octanol–water partition coefficient (Wildman–Crippen LogP) is 10.3. The third kappa shape index (κ3) is 13.7. The van der Waals surface area contributed by atoms with Gasteiger partial charge >= 0.3 is 12.4 Å². The van der Waals surface area contributed by atoms with Gasteiger partial charge in [-0.05, 0) is 104 Å². The van der Waals surface area contributed by atoms with E-state index in [2.05, 4.69) is 40.2 Å². The van der Waals surface area contributed by atoms with Gasteiger partial charge in [-0.3, -0.25) is 24.3 Å². The number of methoxy groups -OCH3 is 2. The van der Waals surface area contributed by atoms with Gasteiger partial charge in [0.05, 0.1) is 84.6 Å². The topological polar surface area (TPSA) is 140 Å². The van der Waals surface area contributed by atoms with Crippen LogP contribution in [0.3, 0.4) is 0 Å². The predicted molar refractivity (Wildman–Crippen MR) is 312 cm³/mol. The lowest BCUT2D eigenvalue weighted by Gasteiger charge is -2.52. The van der Waals surface area contributed by atoms with Gasteiger partial charge in [0, 0.05) is 133 Å². The fourth-order valence-corrected chi connectivity index (χ4v) is 12.3. The molecule has 0 aliphatic carbocycles. The van der Waals surface area contributed by atoms with E-state index in [-0.39, 0.29) is 46.3 Å². The zero-order valence-electron chi connectivity index (χ0n) is 48.9. The highest BCUT2D eigenvalue weighted by Crippen LogP contribution is 2.41. The maximum atomic E-state index is 17.1. The van der Waals surface area contributed by atoms with Crippen LogP contribution in [0.1, 0.15) is 68.8 Å². The van der Waals surface area contributed by atoms with Gasteiger partial charge in [0.15, 0.2) is 0 Å². The van der Waals surface area contributed by atoms with Crippen LogP contribution in [0.2, 0.25) is 0 Å². The van der Waals surface area contributed by atoms with Crippen molar-refractivity contribution in [2.75, 3.05) is 127 Å². The molecule has 2 atom stereocenters. The minimum atomic E-state index is -4.94. The molecule has 7 heterocycles. The van der Waals surface area contributed by atoms with Crippen LogP contribution >= 0.6 is 0 Å². The molecule has 0 saturated carbocycles. The Bertz CT molecular complexity index is 3520. The van der Waals surface area contributed by atoms with Crippen molar-refractivity contribution in [2.24, 2.45) is 0 Å². The third-order valence-corrected chi connectivity index (χ3v) is 17.0. The number of halogens is 8. The van der Waals surface area contributed by atoms with Gasteiger partial charge < -0.3 is 44.3 Å². The molecule has 2 bridgehead atoms. The Morgan fingerprint density at radius 3 is 1.66 bits per heavy atom. The first-order chi connectivity index (χ1) is 41.5. The van der Waals surface area contributed by atoms with Crippen LogP contribution in [-0.4, -0.2) is 166 Å². The Balaban J connectivity index is 0.887. The average molecular weight is 1210 g/mol. The number of benzene rings is 4. The van der Waals surface area contributed by atoms with E-state index < -0.39 is 63.7 Å². The number of rotatable bonds is 16. The Labute approximate surface area is 498 Å². The molecule has 0 spiro atoms. The standard InChI is InChI=1S/C63H68F8N10O6/c1-61(2)37-78(20-21-87-61)34-41-23-46(40-8-11-55(79-16-12-76(3)13-17-79)54(26-40)75-60(83)48-31-73-58(85-5)29-50(48)63(69,70)71)52(65)24-42(41)33-77-14-18-80(19-15-77)56-10-7-39(45-22-38(6-9-51(45)64)32-81-43-27-44(81)36-86-35-43)25-53(56)74-59(82)47-30-72-57(84-4)28-49(47)62(66,67)68/h6-11,22-26,28-31,43-44H,12-21,27,32-37H2,1-5H3,(H,74,82)(H,75,83). The Kier molecular flexibility index (Phi) is 17.5. The Morgan fingerprint density at radius 1 is 0.621 bits per heavy atom. The van der Waals surface area contributed by atoms with Gasteiger partial charge in [-0.25, -0.2) is 18.7 Å². The summed E-state index contributed by atoms with van der Waals surface area (Å²) in [5, 5.41) is 5.46. The Hall–Kier alpha value is -7.48. The van der Waals surface area contributed by atoms with Gasteiger partial charge in [0.2, 0.25) is 11.8 Å². The number of carbonyl (C=O) groups excluding carboxylic acids is 2. The monoisotopic (exact) mass is 1210 g/mol. The van der Waals surface area contributed by atoms with Crippen molar-refractivity contribution < 1.29 is 63.7 Å². The third-order valence-electron chi connectivity index (χ3n) is 17.0. The minimum absolute atomic E-state index is 0.144. The lowest BCUT2D eigenvalue weighted by Crippen LogP contribution is -2.62.